The van der Waals surface area contributed by atoms with Crippen LogP contribution in [-0.4, -0.2) is 11.1 Å². The minimum atomic E-state index is -0.652. The Bertz CT molecular complexity index is 927. The average Bonchev–Trinajstić information content (AvgIpc) is 3.35. The number of hydrogen-bond donors (Lipinski definition) is 0. The van der Waals surface area contributed by atoms with Crippen LogP contribution in [0.25, 0.3) is 5.70 Å². The van der Waals surface area contributed by atoms with E-state index in [0.29, 0.717) is 5.92 Å². The lowest BCUT2D eigenvalue weighted by Gasteiger charge is -2.37. The second-order valence-corrected chi connectivity index (χ2v) is 8.00. The zero-order chi connectivity index (χ0) is 18.8. The summed E-state index contributed by atoms with van der Waals surface area (Å²) in [6, 6.07) is 16.6. The van der Waals surface area contributed by atoms with Gasteiger partial charge in [0.25, 0.3) is 0 Å². The summed E-state index contributed by atoms with van der Waals surface area (Å²) in [7, 11) is 0. The summed E-state index contributed by atoms with van der Waals surface area (Å²) in [5.74, 6) is 0.406. The SMILES string of the molecule is [2H]C1(C2CCCC2)c2ccccc2C2=C(C)N(c3ccccc3C)C(C)N21. The Kier molecular flexibility index (Phi) is 3.38. The van der Waals surface area contributed by atoms with Crippen LogP contribution in [0.2, 0.25) is 0 Å². The van der Waals surface area contributed by atoms with Crippen molar-refractivity contribution >= 4 is 11.4 Å². The molecule has 134 valence electrons. The molecule has 0 aromatic heterocycles. The van der Waals surface area contributed by atoms with Crippen LogP contribution in [-0.2, 0) is 0 Å². The van der Waals surface area contributed by atoms with Gasteiger partial charge >= 0.3 is 0 Å². The Morgan fingerprint density at radius 2 is 1.65 bits per heavy atom. The van der Waals surface area contributed by atoms with Gasteiger partial charge in [-0.1, -0.05) is 55.3 Å². The predicted octanol–water partition coefficient (Wildman–Crippen LogP) is 6.10. The Morgan fingerprint density at radius 1 is 0.962 bits per heavy atom. The minimum Gasteiger partial charge on any atom is -0.342 e. The van der Waals surface area contributed by atoms with E-state index in [1.54, 1.807) is 0 Å². The third kappa shape index (κ3) is 2.11. The lowest BCUT2D eigenvalue weighted by atomic mass is 9.91. The van der Waals surface area contributed by atoms with Crippen LogP contribution in [0.15, 0.2) is 54.2 Å². The predicted molar refractivity (Wildman–Crippen MR) is 109 cm³/mol. The van der Waals surface area contributed by atoms with E-state index in [-0.39, 0.29) is 6.17 Å². The number of para-hydroxylation sites is 1. The van der Waals surface area contributed by atoms with Gasteiger partial charge in [-0.25, -0.2) is 0 Å². The molecule has 2 unspecified atom stereocenters. The zero-order valence-corrected chi connectivity index (χ0v) is 16.0. The van der Waals surface area contributed by atoms with Gasteiger partial charge in [-0.3, -0.25) is 0 Å². The van der Waals surface area contributed by atoms with Crippen molar-refractivity contribution in [3.8, 4) is 0 Å². The van der Waals surface area contributed by atoms with Crippen molar-refractivity contribution in [2.45, 2.75) is 58.6 Å². The average molecular weight is 346 g/mol. The fraction of sp³-hybridized carbons (Fsp3) is 0.417. The molecule has 2 aliphatic heterocycles. The van der Waals surface area contributed by atoms with Gasteiger partial charge in [0.15, 0.2) is 0 Å². The fourth-order valence-electron chi connectivity index (χ4n) is 5.39. The topological polar surface area (TPSA) is 6.48 Å². The smallest absolute Gasteiger partial charge is 0.104 e. The molecule has 2 aromatic rings. The van der Waals surface area contributed by atoms with Crippen LogP contribution < -0.4 is 4.90 Å². The number of fused-ring (bicyclic) bond motifs is 3. The van der Waals surface area contributed by atoms with Gasteiger partial charge in [-0.05, 0) is 56.7 Å². The first kappa shape index (κ1) is 14.9. The van der Waals surface area contributed by atoms with Crippen molar-refractivity contribution in [2.75, 3.05) is 4.90 Å². The van der Waals surface area contributed by atoms with E-state index in [1.807, 2.05) is 0 Å². The molecule has 2 heteroatoms. The zero-order valence-electron chi connectivity index (χ0n) is 17.0. The highest BCUT2D eigenvalue weighted by molar-refractivity contribution is 5.81. The molecule has 0 spiro atoms. The molecular formula is C24H28N2. The monoisotopic (exact) mass is 345 g/mol. The van der Waals surface area contributed by atoms with E-state index in [1.165, 1.54) is 46.6 Å². The molecule has 2 atom stereocenters. The van der Waals surface area contributed by atoms with Crippen molar-refractivity contribution in [1.29, 1.82) is 0 Å². The second kappa shape index (κ2) is 5.90. The summed E-state index contributed by atoms with van der Waals surface area (Å²) < 4.78 is 9.78. The third-order valence-electron chi connectivity index (χ3n) is 6.53. The maximum absolute atomic E-state index is 9.78. The third-order valence-corrected chi connectivity index (χ3v) is 6.53. The first-order chi connectivity index (χ1) is 13.0. The molecule has 0 radical (unpaired) electrons. The highest BCUT2D eigenvalue weighted by Crippen LogP contribution is 2.55. The van der Waals surface area contributed by atoms with Gasteiger partial charge in [-0.15, -0.1) is 0 Å². The molecular weight excluding hydrogens is 316 g/mol. The molecule has 2 aromatic carbocycles. The first-order valence-corrected chi connectivity index (χ1v) is 10.00. The summed E-state index contributed by atoms with van der Waals surface area (Å²) in [5, 5.41) is 0. The largest absolute Gasteiger partial charge is 0.342 e. The van der Waals surface area contributed by atoms with Crippen LogP contribution in [0.1, 0.15) is 63.6 Å². The van der Waals surface area contributed by atoms with Gasteiger partial charge < -0.3 is 9.80 Å². The molecule has 2 heterocycles. The van der Waals surface area contributed by atoms with Gasteiger partial charge in [0.05, 0.1) is 13.1 Å². The number of anilines is 1. The number of aryl methyl sites for hydroxylation is 1. The van der Waals surface area contributed by atoms with E-state index < -0.39 is 6.02 Å². The summed E-state index contributed by atoms with van der Waals surface area (Å²) in [4.78, 5) is 4.87. The number of nitrogens with zero attached hydrogens (tertiary/aromatic N) is 2. The molecule has 0 N–H and O–H groups in total. The van der Waals surface area contributed by atoms with Crippen molar-refractivity contribution in [3.05, 3.63) is 70.9 Å². The number of rotatable bonds is 2. The second-order valence-electron chi connectivity index (χ2n) is 8.00. The number of benzene rings is 2. The number of hydrogen-bond acceptors (Lipinski definition) is 2. The first-order valence-electron chi connectivity index (χ1n) is 10.5. The molecule has 1 aliphatic carbocycles. The van der Waals surface area contributed by atoms with Crippen LogP contribution in [0.3, 0.4) is 0 Å². The fourth-order valence-corrected chi connectivity index (χ4v) is 5.39. The van der Waals surface area contributed by atoms with Gasteiger partial charge in [0.1, 0.15) is 6.17 Å². The van der Waals surface area contributed by atoms with E-state index in [9.17, 15) is 1.37 Å². The van der Waals surface area contributed by atoms with Crippen molar-refractivity contribution in [2.24, 2.45) is 5.92 Å². The van der Waals surface area contributed by atoms with Crippen molar-refractivity contribution in [1.82, 2.24) is 4.90 Å². The molecule has 0 bridgehead atoms. The van der Waals surface area contributed by atoms with E-state index in [0.717, 1.165) is 12.8 Å². The highest BCUT2D eigenvalue weighted by Gasteiger charge is 2.48. The molecule has 5 rings (SSSR count). The van der Waals surface area contributed by atoms with E-state index >= 15 is 0 Å². The molecule has 26 heavy (non-hydrogen) atoms. The molecule has 2 nitrogen and oxygen atoms in total. The Labute approximate surface area is 158 Å². The Morgan fingerprint density at radius 3 is 2.42 bits per heavy atom. The minimum absolute atomic E-state index is 0.145. The molecule has 0 amide bonds. The summed E-state index contributed by atoms with van der Waals surface area (Å²) in [6.45, 7) is 6.69. The normalized spacial score (nSPS) is 28.6. The summed E-state index contributed by atoms with van der Waals surface area (Å²) >= 11 is 0. The maximum atomic E-state index is 9.78. The Balaban J connectivity index is 1.72. The molecule has 1 saturated carbocycles. The van der Waals surface area contributed by atoms with Crippen LogP contribution >= 0.6 is 0 Å². The summed E-state index contributed by atoms with van der Waals surface area (Å²) in [6.07, 6.45) is 4.99. The maximum Gasteiger partial charge on any atom is 0.104 e. The lowest BCUT2D eigenvalue weighted by Crippen LogP contribution is -2.40. The highest BCUT2D eigenvalue weighted by atomic mass is 15.4. The van der Waals surface area contributed by atoms with E-state index in [2.05, 4.69) is 79.1 Å². The number of allylic oxidation sites excluding steroid dienone is 1. The van der Waals surface area contributed by atoms with E-state index in [4.69, 9.17) is 0 Å². The van der Waals surface area contributed by atoms with Crippen molar-refractivity contribution in [3.63, 3.8) is 0 Å². The van der Waals surface area contributed by atoms with Gasteiger partial charge in [0, 0.05) is 16.9 Å². The molecule has 0 saturated heterocycles. The van der Waals surface area contributed by atoms with Crippen LogP contribution in [0, 0.1) is 12.8 Å². The Hall–Kier alpha value is -2.22. The van der Waals surface area contributed by atoms with Crippen LogP contribution in [0.4, 0.5) is 5.69 Å². The van der Waals surface area contributed by atoms with Gasteiger partial charge in [-0.2, -0.15) is 0 Å². The van der Waals surface area contributed by atoms with Crippen molar-refractivity contribution < 1.29 is 1.37 Å². The standard InChI is InChI=1S/C24H28N2/c1-16-10-4-9-15-22(16)25-17(2)23-20-13-7-8-14-21(20)24(26(23)18(25)3)19-11-5-6-12-19/h4,7-10,13-15,18-19,24H,5-6,11-12H2,1-3H3/i24D. The summed E-state index contributed by atoms with van der Waals surface area (Å²) in [5.41, 5.74) is 7.56. The quantitative estimate of drug-likeness (QED) is 0.649. The lowest BCUT2D eigenvalue weighted by molar-refractivity contribution is 0.198. The molecule has 1 fully saturated rings. The van der Waals surface area contributed by atoms with Gasteiger partial charge in [0.2, 0.25) is 0 Å². The molecule has 3 aliphatic rings. The van der Waals surface area contributed by atoms with Crippen LogP contribution in [0.5, 0.6) is 0 Å².